The van der Waals surface area contributed by atoms with Gasteiger partial charge in [-0.2, -0.15) is 0 Å². The maximum absolute atomic E-state index is 12.2. The van der Waals surface area contributed by atoms with Crippen molar-refractivity contribution in [3.63, 3.8) is 0 Å². The summed E-state index contributed by atoms with van der Waals surface area (Å²) in [6.45, 7) is 0. The monoisotopic (exact) mass is 427 g/mol. The number of methoxy groups -OCH3 is 4. The SMILES string of the molecule is COc1ccc(/C=C/C(=O)Nc2nnc(-c3ccc(OC)c(OC)c3)s2)cc1OC. The van der Waals surface area contributed by atoms with Crippen molar-refractivity contribution >= 4 is 28.5 Å². The maximum Gasteiger partial charge on any atom is 0.250 e. The highest BCUT2D eigenvalue weighted by Gasteiger charge is 2.12. The Morgan fingerprint density at radius 1 is 0.867 bits per heavy atom. The van der Waals surface area contributed by atoms with Crippen molar-refractivity contribution in [1.82, 2.24) is 10.2 Å². The van der Waals surface area contributed by atoms with E-state index in [1.54, 1.807) is 52.7 Å². The van der Waals surface area contributed by atoms with Crippen LogP contribution >= 0.6 is 11.3 Å². The normalized spacial score (nSPS) is 10.7. The highest BCUT2D eigenvalue weighted by atomic mass is 32.1. The second kappa shape index (κ2) is 9.75. The van der Waals surface area contributed by atoms with Gasteiger partial charge in [-0.1, -0.05) is 17.4 Å². The van der Waals surface area contributed by atoms with E-state index < -0.39 is 0 Å². The maximum atomic E-state index is 12.2. The van der Waals surface area contributed by atoms with Gasteiger partial charge in [-0.15, -0.1) is 10.2 Å². The van der Waals surface area contributed by atoms with Gasteiger partial charge in [0.1, 0.15) is 5.01 Å². The van der Waals surface area contributed by atoms with Crippen LogP contribution in [0.4, 0.5) is 5.13 Å². The van der Waals surface area contributed by atoms with Crippen LogP contribution in [0.2, 0.25) is 0 Å². The number of ether oxygens (including phenoxy) is 4. The minimum Gasteiger partial charge on any atom is -0.493 e. The largest absolute Gasteiger partial charge is 0.493 e. The van der Waals surface area contributed by atoms with Crippen LogP contribution in [0.15, 0.2) is 42.5 Å². The van der Waals surface area contributed by atoms with Gasteiger partial charge in [0.05, 0.1) is 28.4 Å². The first kappa shape index (κ1) is 21.1. The summed E-state index contributed by atoms with van der Waals surface area (Å²) in [6.07, 6.45) is 3.09. The molecular weight excluding hydrogens is 406 g/mol. The van der Waals surface area contributed by atoms with E-state index in [1.807, 2.05) is 18.2 Å². The predicted octanol–water partition coefficient (Wildman–Crippen LogP) is 3.89. The molecule has 0 radical (unpaired) electrons. The third-order valence-corrected chi connectivity index (χ3v) is 5.01. The third-order valence-electron chi connectivity index (χ3n) is 4.12. The molecule has 3 rings (SSSR count). The van der Waals surface area contributed by atoms with E-state index in [0.717, 1.165) is 11.1 Å². The van der Waals surface area contributed by atoms with Crippen molar-refractivity contribution < 1.29 is 23.7 Å². The Morgan fingerprint density at radius 3 is 2.17 bits per heavy atom. The molecular formula is C21H21N3O5S. The number of hydrogen-bond donors (Lipinski definition) is 1. The van der Waals surface area contributed by atoms with Crippen LogP contribution in [0, 0.1) is 0 Å². The van der Waals surface area contributed by atoms with E-state index in [-0.39, 0.29) is 5.91 Å². The molecule has 0 aliphatic carbocycles. The highest BCUT2D eigenvalue weighted by Crippen LogP contribution is 2.34. The second-order valence-corrected chi connectivity index (χ2v) is 6.90. The molecule has 0 aliphatic rings. The molecule has 0 unspecified atom stereocenters. The van der Waals surface area contributed by atoms with E-state index in [9.17, 15) is 4.79 Å². The van der Waals surface area contributed by atoms with Gasteiger partial charge >= 0.3 is 0 Å². The molecule has 8 nitrogen and oxygen atoms in total. The first-order valence-electron chi connectivity index (χ1n) is 8.85. The fourth-order valence-corrected chi connectivity index (χ4v) is 3.38. The number of carbonyl (C=O) groups is 1. The molecule has 156 valence electrons. The van der Waals surface area contributed by atoms with Crippen LogP contribution in [0.1, 0.15) is 5.56 Å². The number of aromatic nitrogens is 2. The molecule has 1 amide bonds. The number of carbonyl (C=O) groups excluding carboxylic acids is 1. The van der Waals surface area contributed by atoms with E-state index in [4.69, 9.17) is 18.9 Å². The number of anilines is 1. The van der Waals surface area contributed by atoms with E-state index in [0.29, 0.717) is 33.1 Å². The molecule has 3 aromatic rings. The van der Waals surface area contributed by atoms with E-state index in [1.165, 1.54) is 17.4 Å². The second-order valence-electron chi connectivity index (χ2n) is 5.92. The molecule has 2 aromatic carbocycles. The Kier molecular flexibility index (Phi) is 6.87. The zero-order chi connectivity index (χ0) is 21.5. The van der Waals surface area contributed by atoms with E-state index >= 15 is 0 Å². The average Bonchev–Trinajstić information content (AvgIpc) is 3.25. The lowest BCUT2D eigenvalue weighted by atomic mass is 10.2. The fourth-order valence-electron chi connectivity index (χ4n) is 2.64. The van der Waals surface area contributed by atoms with Gasteiger partial charge < -0.3 is 18.9 Å². The van der Waals surface area contributed by atoms with Crippen molar-refractivity contribution in [2.45, 2.75) is 0 Å². The molecule has 1 heterocycles. The predicted molar refractivity (Wildman–Crippen MR) is 116 cm³/mol. The van der Waals surface area contributed by atoms with Crippen molar-refractivity contribution in [1.29, 1.82) is 0 Å². The van der Waals surface area contributed by atoms with Gasteiger partial charge in [0.15, 0.2) is 23.0 Å². The smallest absolute Gasteiger partial charge is 0.250 e. The van der Waals surface area contributed by atoms with Crippen molar-refractivity contribution in [2.24, 2.45) is 0 Å². The summed E-state index contributed by atoms with van der Waals surface area (Å²) in [4.78, 5) is 12.2. The van der Waals surface area contributed by atoms with Crippen LogP contribution in [0.3, 0.4) is 0 Å². The Labute approximate surface area is 178 Å². The highest BCUT2D eigenvalue weighted by molar-refractivity contribution is 7.18. The number of benzene rings is 2. The van der Waals surface area contributed by atoms with Crippen LogP contribution in [0.5, 0.6) is 23.0 Å². The molecule has 0 fully saturated rings. The number of nitrogens with zero attached hydrogens (tertiary/aromatic N) is 2. The third kappa shape index (κ3) is 4.87. The van der Waals surface area contributed by atoms with Gasteiger partial charge in [-0.3, -0.25) is 10.1 Å². The van der Waals surface area contributed by atoms with Crippen LogP contribution < -0.4 is 24.3 Å². The minimum absolute atomic E-state index is 0.320. The molecule has 0 aliphatic heterocycles. The number of nitrogens with one attached hydrogen (secondary N) is 1. The lowest BCUT2D eigenvalue weighted by molar-refractivity contribution is -0.111. The average molecular weight is 427 g/mol. The summed E-state index contributed by atoms with van der Waals surface area (Å²) in [5.74, 6) is 2.10. The van der Waals surface area contributed by atoms with Crippen molar-refractivity contribution in [3.8, 4) is 33.6 Å². The molecule has 0 saturated heterocycles. The molecule has 0 atom stereocenters. The van der Waals surface area contributed by atoms with Crippen LogP contribution in [0.25, 0.3) is 16.6 Å². The van der Waals surface area contributed by atoms with E-state index in [2.05, 4.69) is 15.5 Å². The Bertz CT molecular complexity index is 1060. The van der Waals surface area contributed by atoms with Crippen molar-refractivity contribution in [2.75, 3.05) is 33.8 Å². The van der Waals surface area contributed by atoms with Gasteiger partial charge in [0.25, 0.3) is 0 Å². The summed E-state index contributed by atoms with van der Waals surface area (Å²) in [6, 6.07) is 10.8. The van der Waals surface area contributed by atoms with Crippen LogP contribution in [-0.4, -0.2) is 44.5 Å². The summed E-state index contributed by atoms with van der Waals surface area (Å²) >= 11 is 1.26. The number of rotatable bonds is 8. The van der Waals surface area contributed by atoms with Crippen molar-refractivity contribution in [3.05, 3.63) is 48.0 Å². The molecule has 1 N–H and O–H groups in total. The number of amides is 1. The Morgan fingerprint density at radius 2 is 1.50 bits per heavy atom. The minimum atomic E-state index is -0.320. The standard InChI is InChI=1S/C21H21N3O5S/c1-26-15-8-5-13(11-17(15)28-3)6-10-19(25)22-21-24-23-20(30-21)14-7-9-16(27-2)18(12-14)29-4/h5-12H,1-4H3,(H,22,24,25)/b10-6+. The molecule has 30 heavy (non-hydrogen) atoms. The summed E-state index contributed by atoms with van der Waals surface area (Å²) in [7, 11) is 6.27. The van der Waals surface area contributed by atoms with Gasteiger partial charge in [0.2, 0.25) is 11.0 Å². The Balaban J connectivity index is 1.69. The zero-order valence-corrected chi connectivity index (χ0v) is 17.8. The fraction of sp³-hybridized carbons (Fsp3) is 0.190. The van der Waals surface area contributed by atoms with Gasteiger partial charge in [-0.05, 0) is 42.0 Å². The lowest BCUT2D eigenvalue weighted by Crippen LogP contribution is -2.07. The first-order valence-corrected chi connectivity index (χ1v) is 9.66. The van der Waals surface area contributed by atoms with Gasteiger partial charge in [-0.25, -0.2) is 0 Å². The number of hydrogen-bond acceptors (Lipinski definition) is 8. The molecule has 0 saturated carbocycles. The molecule has 0 bridgehead atoms. The quantitative estimate of drug-likeness (QED) is 0.545. The zero-order valence-electron chi connectivity index (χ0n) is 17.0. The summed E-state index contributed by atoms with van der Waals surface area (Å²) in [5, 5.41) is 11.9. The molecule has 9 heteroatoms. The Hall–Kier alpha value is -3.59. The lowest BCUT2D eigenvalue weighted by Gasteiger charge is -2.07. The summed E-state index contributed by atoms with van der Waals surface area (Å²) in [5.41, 5.74) is 1.61. The molecule has 0 spiro atoms. The van der Waals surface area contributed by atoms with Gasteiger partial charge in [0, 0.05) is 11.6 Å². The molecule has 1 aromatic heterocycles. The summed E-state index contributed by atoms with van der Waals surface area (Å²) < 4.78 is 21.0. The topological polar surface area (TPSA) is 91.8 Å². The first-order chi connectivity index (χ1) is 14.6. The van der Waals surface area contributed by atoms with Crippen LogP contribution in [-0.2, 0) is 4.79 Å².